The van der Waals surface area contributed by atoms with Crippen LogP contribution in [0.4, 0.5) is 0 Å². The molecule has 1 heterocycles. The Morgan fingerprint density at radius 1 is 1.04 bits per heavy atom. The van der Waals surface area contributed by atoms with Crippen molar-refractivity contribution in [3.05, 3.63) is 88.9 Å². The fourth-order valence-electron chi connectivity index (χ4n) is 2.58. The van der Waals surface area contributed by atoms with Crippen LogP contribution >= 0.6 is 23.2 Å². The van der Waals surface area contributed by atoms with Gasteiger partial charge in [-0.3, -0.25) is 0 Å². The average Bonchev–Trinajstić information content (AvgIpc) is 3.08. The van der Waals surface area contributed by atoms with E-state index in [1.807, 2.05) is 18.2 Å². The van der Waals surface area contributed by atoms with Crippen LogP contribution in [0.25, 0.3) is 5.57 Å². The zero-order chi connectivity index (χ0) is 17.2. The summed E-state index contributed by atoms with van der Waals surface area (Å²) in [6, 6.07) is 14.3. The summed E-state index contributed by atoms with van der Waals surface area (Å²) in [5, 5.41) is 20.2. The molecule has 4 nitrogen and oxygen atoms in total. The molecule has 3 aromatic rings. The van der Waals surface area contributed by atoms with Crippen LogP contribution in [0, 0.1) is 0 Å². The van der Waals surface area contributed by atoms with Crippen LogP contribution in [0.5, 0.6) is 0 Å². The summed E-state index contributed by atoms with van der Waals surface area (Å²) in [6.45, 7) is 4.32. The number of benzene rings is 2. The maximum Gasteiger partial charge on any atom is 0.133 e. The minimum Gasteiger partial charge on any atom is -0.378 e. The third kappa shape index (κ3) is 3.22. The molecule has 0 amide bonds. The number of nitrogens with zero attached hydrogens (tertiary/aromatic N) is 3. The van der Waals surface area contributed by atoms with Gasteiger partial charge in [0.1, 0.15) is 18.3 Å². The van der Waals surface area contributed by atoms with Crippen LogP contribution in [0.15, 0.2) is 67.8 Å². The second-order valence-corrected chi connectivity index (χ2v) is 6.30. The molecule has 0 bridgehead atoms. The first kappa shape index (κ1) is 16.7. The van der Waals surface area contributed by atoms with Gasteiger partial charge >= 0.3 is 0 Å². The maximum absolute atomic E-state index is 11.5. The molecule has 0 saturated heterocycles. The molecule has 0 radical (unpaired) electrons. The van der Waals surface area contributed by atoms with Gasteiger partial charge < -0.3 is 9.67 Å². The lowest BCUT2D eigenvalue weighted by Crippen LogP contribution is -2.32. The topological polar surface area (TPSA) is 50.9 Å². The Kier molecular flexibility index (Phi) is 4.71. The van der Waals surface area contributed by atoms with Crippen molar-refractivity contribution in [1.29, 1.82) is 0 Å². The van der Waals surface area contributed by atoms with E-state index in [2.05, 4.69) is 16.8 Å². The fourth-order valence-corrected chi connectivity index (χ4v) is 2.96. The average molecular weight is 360 g/mol. The van der Waals surface area contributed by atoms with E-state index in [0.29, 0.717) is 26.7 Å². The largest absolute Gasteiger partial charge is 0.378 e. The smallest absolute Gasteiger partial charge is 0.133 e. The summed E-state index contributed by atoms with van der Waals surface area (Å²) in [4.78, 5) is 0. The molecular weight excluding hydrogens is 345 g/mol. The van der Waals surface area contributed by atoms with Gasteiger partial charge in [0.25, 0.3) is 0 Å². The predicted octanol–water partition coefficient (Wildman–Crippen LogP) is 4.19. The Balaban J connectivity index is 2.09. The third-order valence-corrected chi connectivity index (χ3v) is 4.48. The molecule has 1 N–H and O–H groups in total. The van der Waals surface area contributed by atoms with Crippen LogP contribution in [0.1, 0.15) is 11.1 Å². The maximum atomic E-state index is 11.5. The highest BCUT2D eigenvalue weighted by molar-refractivity contribution is 6.32. The molecule has 122 valence electrons. The summed E-state index contributed by atoms with van der Waals surface area (Å²) in [5.41, 5.74) is 0.442. The zero-order valence-electron chi connectivity index (χ0n) is 12.7. The van der Waals surface area contributed by atoms with Gasteiger partial charge in [-0.05, 0) is 34.9 Å². The van der Waals surface area contributed by atoms with Crippen LogP contribution in [0.2, 0.25) is 10.0 Å². The molecule has 0 aliphatic rings. The van der Waals surface area contributed by atoms with E-state index in [1.54, 1.807) is 47.6 Å². The van der Waals surface area contributed by atoms with Gasteiger partial charge in [0.15, 0.2) is 0 Å². The molecule has 1 atom stereocenters. The highest BCUT2D eigenvalue weighted by Crippen LogP contribution is 2.39. The van der Waals surface area contributed by atoms with E-state index in [4.69, 9.17) is 23.2 Å². The molecule has 24 heavy (non-hydrogen) atoms. The van der Waals surface area contributed by atoms with Gasteiger partial charge in [0, 0.05) is 10.0 Å². The van der Waals surface area contributed by atoms with Crippen LogP contribution in [-0.2, 0) is 12.1 Å². The number of hydrogen-bond acceptors (Lipinski definition) is 3. The van der Waals surface area contributed by atoms with Gasteiger partial charge in [-0.2, -0.15) is 0 Å². The van der Waals surface area contributed by atoms with Crippen molar-refractivity contribution in [3.8, 4) is 0 Å². The van der Waals surface area contributed by atoms with Crippen molar-refractivity contribution in [3.63, 3.8) is 0 Å². The lowest BCUT2D eigenvalue weighted by atomic mass is 9.83. The number of halogens is 2. The van der Waals surface area contributed by atoms with Crippen molar-refractivity contribution in [2.45, 2.75) is 12.1 Å². The van der Waals surface area contributed by atoms with Crippen molar-refractivity contribution in [2.24, 2.45) is 0 Å². The van der Waals surface area contributed by atoms with Crippen molar-refractivity contribution in [1.82, 2.24) is 14.8 Å². The van der Waals surface area contributed by atoms with E-state index in [-0.39, 0.29) is 6.54 Å². The zero-order valence-corrected chi connectivity index (χ0v) is 14.2. The lowest BCUT2D eigenvalue weighted by molar-refractivity contribution is 0.0806. The number of hydrogen-bond donors (Lipinski definition) is 1. The van der Waals surface area contributed by atoms with Gasteiger partial charge in [0.05, 0.1) is 6.54 Å². The quantitative estimate of drug-likeness (QED) is 0.742. The van der Waals surface area contributed by atoms with Gasteiger partial charge in [-0.15, -0.1) is 10.2 Å². The first-order valence-corrected chi connectivity index (χ1v) is 8.01. The summed E-state index contributed by atoms with van der Waals surface area (Å²) in [6.07, 6.45) is 3.08. The first-order chi connectivity index (χ1) is 11.5. The Morgan fingerprint density at radius 3 is 2.29 bits per heavy atom. The number of rotatable bonds is 5. The van der Waals surface area contributed by atoms with E-state index in [0.717, 1.165) is 0 Å². The van der Waals surface area contributed by atoms with E-state index >= 15 is 0 Å². The molecule has 6 heteroatoms. The highest BCUT2D eigenvalue weighted by Gasteiger charge is 2.35. The highest BCUT2D eigenvalue weighted by atomic mass is 35.5. The van der Waals surface area contributed by atoms with Gasteiger partial charge in [-0.25, -0.2) is 0 Å². The Bertz CT molecular complexity index is 847. The first-order valence-electron chi connectivity index (χ1n) is 7.26. The predicted molar refractivity (Wildman–Crippen MR) is 95.9 cm³/mol. The summed E-state index contributed by atoms with van der Waals surface area (Å²) < 4.78 is 1.69. The summed E-state index contributed by atoms with van der Waals surface area (Å²) in [5.74, 6) is 0. The van der Waals surface area contributed by atoms with Crippen molar-refractivity contribution < 1.29 is 5.11 Å². The van der Waals surface area contributed by atoms with Crippen LogP contribution in [0.3, 0.4) is 0 Å². The normalized spacial score (nSPS) is 13.5. The molecule has 0 saturated carbocycles. The van der Waals surface area contributed by atoms with Crippen LogP contribution < -0.4 is 0 Å². The molecule has 0 aliphatic heterocycles. The van der Waals surface area contributed by atoms with Gasteiger partial charge in [-0.1, -0.05) is 60.1 Å². The summed E-state index contributed by atoms with van der Waals surface area (Å²) in [7, 11) is 0. The molecule has 0 fully saturated rings. The molecule has 3 rings (SSSR count). The second-order valence-electron chi connectivity index (χ2n) is 5.46. The molecule has 2 aromatic carbocycles. The van der Waals surface area contributed by atoms with E-state index in [9.17, 15) is 5.11 Å². The Hall–Kier alpha value is -2.14. The van der Waals surface area contributed by atoms with E-state index in [1.165, 1.54) is 0 Å². The van der Waals surface area contributed by atoms with Gasteiger partial charge in [0.2, 0.25) is 0 Å². The fraction of sp³-hybridized carbons (Fsp3) is 0.111. The monoisotopic (exact) mass is 359 g/mol. The minimum atomic E-state index is -1.39. The molecule has 0 spiro atoms. The van der Waals surface area contributed by atoms with Crippen molar-refractivity contribution >= 4 is 28.8 Å². The number of aliphatic hydroxyl groups is 1. The lowest BCUT2D eigenvalue weighted by Gasteiger charge is -2.32. The third-order valence-electron chi connectivity index (χ3n) is 3.90. The Labute approximate surface area is 150 Å². The molecular formula is C18H15Cl2N3O. The SMILES string of the molecule is C=C(c1ccccc1Cl)C(O)(Cn1cnnc1)c1ccc(Cl)cc1. The standard InChI is InChI=1S/C18H15Cl2N3O/c1-13(16-4-2-3-5-17(16)20)18(24,10-23-11-21-22-12-23)14-6-8-15(19)9-7-14/h2-9,11-12,24H,1,10H2. The summed E-state index contributed by atoms with van der Waals surface area (Å²) >= 11 is 12.3. The van der Waals surface area contributed by atoms with Crippen LogP contribution in [-0.4, -0.2) is 19.9 Å². The molecule has 1 unspecified atom stereocenters. The molecule has 1 aromatic heterocycles. The second kappa shape index (κ2) is 6.77. The van der Waals surface area contributed by atoms with Crippen molar-refractivity contribution in [2.75, 3.05) is 0 Å². The molecule has 0 aliphatic carbocycles. The number of aromatic nitrogens is 3. The Morgan fingerprint density at radius 2 is 1.67 bits per heavy atom. The minimum absolute atomic E-state index is 0.200. The van der Waals surface area contributed by atoms with E-state index < -0.39 is 5.60 Å².